The van der Waals surface area contributed by atoms with E-state index >= 15 is 4.79 Å². The molecule has 252 valence electrons. The first-order valence-electron chi connectivity index (χ1n) is 16.6. The zero-order chi connectivity index (χ0) is 34.9. The molecule has 10 heteroatoms. The molecule has 0 radical (unpaired) electrons. The molecule has 2 aliphatic heterocycles. The number of fused-ring (bicyclic) bond motifs is 4. The van der Waals surface area contributed by atoms with Crippen molar-refractivity contribution in [3.05, 3.63) is 130 Å². The van der Waals surface area contributed by atoms with Crippen molar-refractivity contribution in [3.8, 4) is 11.5 Å². The summed E-state index contributed by atoms with van der Waals surface area (Å²) in [5.74, 6) is -4.61. The zero-order valence-electron chi connectivity index (χ0n) is 27.4. The third-order valence-electron chi connectivity index (χ3n) is 11.0. The maximum absolute atomic E-state index is 15.3. The van der Waals surface area contributed by atoms with Gasteiger partial charge in [0.15, 0.2) is 0 Å². The van der Waals surface area contributed by atoms with Gasteiger partial charge < -0.3 is 9.84 Å². The van der Waals surface area contributed by atoms with Gasteiger partial charge in [-0.05, 0) is 73.7 Å². The number of aromatic hydroxyl groups is 1. The van der Waals surface area contributed by atoms with Crippen LogP contribution >= 0.6 is 15.9 Å². The van der Waals surface area contributed by atoms with Crippen molar-refractivity contribution in [2.45, 2.75) is 31.1 Å². The Morgan fingerprint density at radius 2 is 1.58 bits per heavy atom. The van der Waals surface area contributed by atoms with Crippen LogP contribution in [0.5, 0.6) is 11.5 Å². The van der Waals surface area contributed by atoms with Crippen LogP contribution in [0.1, 0.15) is 35.4 Å². The summed E-state index contributed by atoms with van der Waals surface area (Å²) < 4.78 is 6.67. The van der Waals surface area contributed by atoms with E-state index in [9.17, 15) is 19.5 Å². The maximum atomic E-state index is 15.3. The van der Waals surface area contributed by atoms with E-state index in [1.54, 1.807) is 36.4 Å². The molecule has 4 aromatic rings. The molecule has 2 saturated heterocycles. The Bertz CT molecular complexity index is 2080. The molecule has 1 saturated carbocycles. The number of allylic oxidation sites excluding steroid dienone is 2. The van der Waals surface area contributed by atoms with E-state index in [0.29, 0.717) is 34.7 Å². The molecule has 0 spiro atoms. The summed E-state index contributed by atoms with van der Waals surface area (Å²) in [7, 11) is 1.50. The van der Waals surface area contributed by atoms with Crippen molar-refractivity contribution in [1.29, 1.82) is 0 Å². The number of rotatable bonds is 6. The van der Waals surface area contributed by atoms with Gasteiger partial charge in [-0.15, -0.1) is 0 Å². The first kappa shape index (κ1) is 32.0. The smallest absolute Gasteiger partial charge is 0.260 e. The lowest BCUT2D eigenvalue weighted by Crippen LogP contribution is -2.53. The molecule has 4 aliphatic rings. The van der Waals surface area contributed by atoms with E-state index in [0.717, 1.165) is 20.6 Å². The van der Waals surface area contributed by atoms with E-state index in [1.165, 1.54) is 18.1 Å². The molecule has 2 N–H and O–H groups in total. The van der Waals surface area contributed by atoms with Gasteiger partial charge in [0.05, 0.1) is 41.7 Å². The molecular formula is C40H34BrN3O6. The molecule has 3 fully saturated rings. The highest BCUT2D eigenvalue weighted by atomic mass is 79.9. The molecule has 6 atom stereocenters. The van der Waals surface area contributed by atoms with Crippen LogP contribution < -0.4 is 15.1 Å². The van der Waals surface area contributed by atoms with Crippen LogP contribution in [0.4, 0.5) is 11.4 Å². The third-order valence-corrected chi connectivity index (χ3v) is 11.5. The molecule has 8 rings (SSSR count). The number of carbonyl (C=O) groups excluding carboxylic acids is 4. The van der Waals surface area contributed by atoms with E-state index in [1.807, 2.05) is 67.6 Å². The van der Waals surface area contributed by atoms with E-state index in [2.05, 4.69) is 21.4 Å². The average Bonchev–Trinajstić information content (AvgIpc) is 3.51. The molecule has 9 nitrogen and oxygen atoms in total. The van der Waals surface area contributed by atoms with Gasteiger partial charge in [-0.1, -0.05) is 81.7 Å². The lowest BCUT2D eigenvalue weighted by atomic mass is 9.49. The standard InChI is InChI=1S/C40H34BrN3O6/c1-22-8-12-25(13-9-22)42-44-37(47)32-21-31-28(18-19-30-34(31)38(48)43(36(30)46)26-14-10-24(41)11-15-26)35(29-17-16-27(45)20-33(29)50-2)40(32,39(44)49)23-6-4-3-5-7-23/h3-18,20,30-32,34-35,42,45H,19,21H2,1-2H3. The number of imide groups is 2. The van der Waals surface area contributed by atoms with Gasteiger partial charge in [0.1, 0.15) is 11.5 Å². The molecule has 2 aliphatic carbocycles. The predicted octanol–water partition coefficient (Wildman–Crippen LogP) is 6.66. The van der Waals surface area contributed by atoms with Crippen molar-refractivity contribution >= 4 is 50.9 Å². The quantitative estimate of drug-likeness (QED) is 0.168. The van der Waals surface area contributed by atoms with E-state index in [4.69, 9.17) is 4.74 Å². The minimum absolute atomic E-state index is 0.0147. The summed E-state index contributed by atoms with van der Waals surface area (Å²) in [6.07, 6.45) is 2.49. The predicted molar refractivity (Wildman–Crippen MR) is 190 cm³/mol. The van der Waals surface area contributed by atoms with Crippen LogP contribution in [0.2, 0.25) is 0 Å². The molecule has 6 unspecified atom stereocenters. The number of nitrogens with one attached hydrogen (secondary N) is 1. The number of aryl methyl sites for hydroxylation is 1. The summed E-state index contributed by atoms with van der Waals surface area (Å²) in [5.41, 5.74) is 5.85. The largest absolute Gasteiger partial charge is 0.508 e. The third kappa shape index (κ3) is 4.65. The maximum Gasteiger partial charge on any atom is 0.260 e. The number of benzene rings is 4. The highest BCUT2D eigenvalue weighted by molar-refractivity contribution is 9.10. The Morgan fingerprint density at radius 3 is 2.28 bits per heavy atom. The number of nitrogens with zero attached hydrogens (tertiary/aromatic N) is 2. The second kappa shape index (κ2) is 12.0. The van der Waals surface area contributed by atoms with Gasteiger partial charge in [0.25, 0.3) is 11.8 Å². The van der Waals surface area contributed by atoms with E-state index in [-0.39, 0.29) is 24.0 Å². The number of amides is 4. The number of ether oxygens (including phenoxy) is 1. The van der Waals surface area contributed by atoms with Crippen LogP contribution in [0.3, 0.4) is 0 Å². The summed E-state index contributed by atoms with van der Waals surface area (Å²) in [4.78, 5) is 59.8. The van der Waals surface area contributed by atoms with Crippen LogP contribution in [0.15, 0.2) is 113 Å². The van der Waals surface area contributed by atoms with Gasteiger partial charge in [-0.3, -0.25) is 29.5 Å². The van der Waals surface area contributed by atoms with Crippen LogP contribution in [0, 0.1) is 30.6 Å². The second-order valence-corrected chi connectivity index (χ2v) is 14.4. The van der Waals surface area contributed by atoms with Crippen molar-refractivity contribution < 1.29 is 29.0 Å². The monoisotopic (exact) mass is 731 g/mol. The molecular weight excluding hydrogens is 698 g/mol. The Labute approximate surface area is 297 Å². The Balaban J connectivity index is 1.33. The molecule has 4 aromatic carbocycles. The number of anilines is 2. The molecule has 0 bridgehead atoms. The van der Waals surface area contributed by atoms with Crippen molar-refractivity contribution in [2.75, 3.05) is 17.4 Å². The van der Waals surface area contributed by atoms with Gasteiger partial charge in [0, 0.05) is 22.0 Å². The SMILES string of the molecule is COc1cc(O)ccc1C1C2=CCC3C(=O)N(c4ccc(Br)cc4)C(=O)C3C2CC2C(=O)N(Nc3ccc(C)cc3)C(=O)C21c1ccccc1. The molecule has 0 aromatic heterocycles. The number of methoxy groups -OCH3 is 1. The topological polar surface area (TPSA) is 116 Å². The normalized spacial score (nSPS) is 27.1. The Hall–Kier alpha value is -5.22. The number of carbonyl (C=O) groups is 4. The fourth-order valence-electron chi connectivity index (χ4n) is 8.87. The number of halogens is 1. The summed E-state index contributed by atoms with van der Waals surface area (Å²) in [5, 5.41) is 11.6. The average molecular weight is 733 g/mol. The number of hydrogen-bond donors (Lipinski definition) is 2. The lowest BCUT2D eigenvalue weighted by molar-refractivity contribution is -0.138. The van der Waals surface area contributed by atoms with Gasteiger partial charge in [-0.25, -0.2) is 0 Å². The number of phenolic OH excluding ortho intramolecular Hbond substituents is 1. The highest BCUT2D eigenvalue weighted by Crippen LogP contribution is 2.65. The lowest BCUT2D eigenvalue weighted by Gasteiger charge is -2.50. The molecule has 4 amide bonds. The highest BCUT2D eigenvalue weighted by Gasteiger charge is 2.70. The van der Waals surface area contributed by atoms with Crippen LogP contribution in [-0.2, 0) is 24.6 Å². The van der Waals surface area contributed by atoms with E-state index < -0.39 is 46.8 Å². The Kier molecular flexibility index (Phi) is 7.67. The fraction of sp³-hybridized carbons (Fsp3) is 0.250. The minimum atomic E-state index is -1.44. The number of hydrazine groups is 1. The second-order valence-electron chi connectivity index (χ2n) is 13.5. The number of phenols is 1. The molecule has 2 heterocycles. The van der Waals surface area contributed by atoms with Gasteiger partial charge >= 0.3 is 0 Å². The van der Waals surface area contributed by atoms with Gasteiger partial charge in [0.2, 0.25) is 11.8 Å². The van der Waals surface area contributed by atoms with Crippen LogP contribution in [-0.4, -0.2) is 40.9 Å². The first-order chi connectivity index (χ1) is 24.1. The van der Waals surface area contributed by atoms with Crippen molar-refractivity contribution in [1.82, 2.24) is 5.01 Å². The summed E-state index contributed by atoms with van der Waals surface area (Å²) in [6.45, 7) is 1.96. The fourth-order valence-corrected chi connectivity index (χ4v) is 9.14. The van der Waals surface area contributed by atoms with Crippen LogP contribution in [0.25, 0.3) is 0 Å². The zero-order valence-corrected chi connectivity index (χ0v) is 29.0. The van der Waals surface area contributed by atoms with Gasteiger partial charge in [-0.2, -0.15) is 5.01 Å². The first-order valence-corrected chi connectivity index (χ1v) is 17.4. The van der Waals surface area contributed by atoms with Crippen molar-refractivity contribution in [3.63, 3.8) is 0 Å². The molecule has 50 heavy (non-hydrogen) atoms. The van der Waals surface area contributed by atoms with Crippen molar-refractivity contribution in [2.24, 2.45) is 23.7 Å². The summed E-state index contributed by atoms with van der Waals surface area (Å²) in [6, 6.07) is 28.6. The minimum Gasteiger partial charge on any atom is -0.508 e. The Morgan fingerprint density at radius 1 is 0.860 bits per heavy atom. The summed E-state index contributed by atoms with van der Waals surface area (Å²) >= 11 is 3.43. The number of hydrogen-bond acceptors (Lipinski definition) is 7.